The fourth-order valence-corrected chi connectivity index (χ4v) is 0.821. The van der Waals surface area contributed by atoms with Gasteiger partial charge in [0.05, 0.1) is 0 Å². The van der Waals surface area contributed by atoms with Crippen molar-refractivity contribution in [1.29, 1.82) is 0 Å². The first kappa shape index (κ1) is 11.7. The van der Waals surface area contributed by atoms with Crippen molar-refractivity contribution < 1.29 is 17.6 Å². The number of rotatable bonds is 2. The van der Waals surface area contributed by atoms with E-state index in [-0.39, 0.29) is 6.92 Å². The lowest BCUT2D eigenvalue weighted by molar-refractivity contribution is -0.211. The van der Waals surface area contributed by atoms with E-state index in [1.165, 1.54) is 20.8 Å². The largest absolute Gasteiger partial charge is 0.310 e. The Hall–Kier alpha value is -0.280. The Labute approximate surface area is 70.0 Å². The molecule has 0 spiro atoms. The van der Waals surface area contributed by atoms with E-state index in [2.05, 4.69) is 0 Å². The van der Waals surface area contributed by atoms with E-state index >= 15 is 0 Å². The molecule has 0 aliphatic carbocycles. The Kier molecular flexibility index (Phi) is 2.82. The van der Waals surface area contributed by atoms with Crippen LogP contribution in [-0.4, -0.2) is 11.8 Å². The minimum absolute atomic E-state index is 0.249. The molecule has 0 rings (SSSR count). The monoisotopic (exact) mass is 186 g/mol. The summed E-state index contributed by atoms with van der Waals surface area (Å²) in [5, 5.41) is 0. The predicted octanol–water partition coefficient (Wildman–Crippen LogP) is 3.71. The molecule has 4 heteroatoms. The van der Waals surface area contributed by atoms with E-state index in [1.54, 1.807) is 0 Å². The van der Waals surface area contributed by atoms with E-state index in [0.717, 1.165) is 0 Å². The van der Waals surface area contributed by atoms with Crippen molar-refractivity contribution in [3.05, 3.63) is 0 Å². The molecule has 0 N–H and O–H groups in total. The number of alkyl halides is 4. The van der Waals surface area contributed by atoms with Crippen molar-refractivity contribution in [2.75, 3.05) is 0 Å². The third-order valence-corrected chi connectivity index (χ3v) is 1.39. The number of hydrogen-bond donors (Lipinski definition) is 0. The van der Waals surface area contributed by atoms with Gasteiger partial charge < -0.3 is 0 Å². The van der Waals surface area contributed by atoms with Crippen LogP contribution < -0.4 is 0 Å². The fourth-order valence-electron chi connectivity index (χ4n) is 0.821. The van der Waals surface area contributed by atoms with E-state index in [1.807, 2.05) is 0 Å². The van der Waals surface area contributed by atoms with E-state index in [9.17, 15) is 17.6 Å². The summed E-state index contributed by atoms with van der Waals surface area (Å²) in [6.07, 6.45) is -0.802. The molecule has 0 amide bonds. The van der Waals surface area contributed by atoms with Gasteiger partial charge in [-0.3, -0.25) is 0 Å². The first-order chi connectivity index (χ1) is 4.96. The molecule has 0 saturated heterocycles. The summed E-state index contributed by atoms with van der Waals surface area (Å²) in [5.74, 6) is -7.84. The van der Waals surface area contributed by atoms with Crippen molar-refractivity contribution in [2.45, 2.75) is 46.0 Å². The summed E-state index contributed by atoms with van der Waals surface area (Å²) in [5.41, 5.74) is -0.789. The summed E-state index contributed by atoms with van der Waals surface area (Å²) < 4.78 is 49.9. The van der Waals surface area contributed by atoms with E-state index in [4.69, 9.17) is 0 Å². The zero-order valence-electron chi connectivity index (χ0n) is 7.72. The van der Waals surface area contributed by atoms with Crippen LogP contribution in [0, 0.1) is 5.41 Å². The Bertz CT molecular complexity index is 149. The van der Waals surface area contributed by atoms with E-state index < -0.39 is 23.7 Å². The third kappa shape index (κ3) is 3.41. The second-order valence-electron chi connectivity index (χ2n) is 4.33. The molecule has 0 aliphatic heterocycles. The van der Waals surface area contributed by atoms with Gasteiger partial charge in [0, 0.05) is 13.3 Å². The zero-order chi connectivity index (χ0) is 10.2. The Morgan fingerprint density at radius 3 is 1.25 bits per heavy atom. The van der Waals surface area contributed by atoms with Crippen LogP contribution in [0.2, 0.25) is 0 Å². The molecule has 0 atom stereocenters. The lowest BCUT2D eigenvalue weighted by atomic mass is 9.87. The van der Waals surface area contributed by atoms with Crippen LogP contribution in [0.1, 0.15) is 34.1 Å². The highest BCUT2D eigenvalue weighted by Crippen LogP contribution is 2.41. The summed E-state index contributed by atoms with van der Waals surface area (Å²) in [6, 6.07) is 0. The number of halogens is 4. The van der Waals surface area contributed by atoms with Crippen molar-refractivity contribution in [3.8, 4) is 0 Å². The Balaban J connectivity index is 4.44. The molecule has 0 radical (unpaired) electrons. The second-order valence-corrected chi connectivity index (χ2v) is 4.33. The quantitative estimate of drug-likeness (QED) is 0.576. The topological polar surface area (TPSA) is 0 Å². The van der Waals surface area contributed by atoms with E-state index in [0.29, 0.717) is 0 Å². The first-order valence-corrected chi connectivity index (χ1v) is 3.71. The zero-order valence-corrected chi connectivity index (χ0v) is 7.72. The third-order valence-electron chi connectivity index (χ3n) is 1.39. The second kappa shape index (κ2) is 2.89. The van der Waals surface area contributed by atoms with Crippen molar-refractivity contribution in [2.24, 2.45) is 5.41 Å². The van der Waals surface area contributed by atoms with Gasteiger partial charge in [-0.15, -0.1) is 0 Å². The van der Waals surface area contributed by atoms with Crippen molar-refractivity contribution in [3.63, 3.8) is 0 Å². The highest BCUT2D eigenvalue weighted by Gasteiger charge is 2.53. The molecule has 0 heterocycles. The fraction of sp³-hybridized carbons (Fsp3) is 1.00. The summed E-state index contributed by atoms with van der Waals surface area (Å²) >= 11 is 0. The first-order valence-electron chi connectivity index (χ1n) is 3.71. The van der Waals surface area contributed by atoms with Gasteiger partial charge in [-0.05, 0) is 5.41 Å². The van der Waals surface area contributed by atoms with Crippen LogP contribution >= 0.6 is 0 Å². The normalized spacial score (nSPS) is 15.0. The van der Waals surface area contributed by atoms with Crippen LogP contribution in [0.3, 0.4) is 0 Å². The maximum Gasteiger partial charge on any atom is 0.310 e. The van der Waals surface area contributed by atoms with Gasteiger partial charge >= 0.3 is 11.8 Å². The van der Waals surface area contributed by atoms with Crippen LogP contribution in [0.15, 0.2) is 0 Å². The van der Waals surface area contributed by atoms with Gasteiger partial charge in [0.15, 0.2) is 0 Å². The minimum Gasteiger partial charge on any atom is -0.200 e. The summed E-state index contributed by atoms with van der Waals surface area (Å²) in [6.45, 7) is 4.77. The molecule has 12 heavy (non-hydrogen) atoms. The minimum atomic E-state index is -3.93. The smallest absolute Gasteiger partial charge is 0.200 e. The van der Waals surface area contributed by atoms with Crippen LogP contribution in [0.4, 0.5) is 17.6 Å². The molecule has 0 aromatic carbocycles. The van der Waals surface area contributed by atoms with Gasteiger partial charge in [0.2, 0.25) is 0 Å². The molecule has 0 aliphatic rings. The molecular weight excluding hydrogens is 172 g/mol. The van der Waals surface area contributed by atoms with Crippen LogP contribution in [0.25, 0.3) is 0 Å². The molecule has 0 bridgehead atoms. The number of hydrogen-bond acceptors (Lipinski definition) is 0. The molecule has 0 saturated carbocycles. The predicted molar refractivity (Wildman–Crippen MR) is 39.6 cm³/mol. The highest BCUT2D eigenvalue weighted by atomic mass is 19.3. The SMILES string of the molecule is CC(C)(C)CC(F)(F)C(C)(F)F. The lowest BCUT2D eigenvalue weighted by Gasteiger charge is -2.29. The average molecular weight is 186 g/mol. The van der Waals surface area contributed by atoms with Crippen LogP contribution in [-0.2, 0) is 0 Å². The van der Waals surface area contributed by atoms with Gasteiger partial charge in [-0.25, -0.2) is 8.78 Å². The van der Waals surface area contributed by atoms with Gasteiger partial charge in [-0.1, -0.05) is 20.8 Å². The maximum atomic E-state index is 12.7. The van der Waals surface area contributed by atoms with Crippen LogP contribution in [0.5, 0.6) is 0 Å². The van der Waals surface area contributed by atoms with Crippen molar-refractivity contribution >= 4 is 0 Å². The molecule has 0 fully saturated rings. The standard InChI is InChI=1S/C8H14F4/c1-6(2,3)5-8(11,12)7(4,9)10/h5H2,1-4H3. The Morgan fingerprint density at radius 1 is 0.833 bits per heavy atom. The maximum absolute atomic E-state index is 12.7. The van der Waals surface area contributed by atoms with Crippen molar-refractivity contribution in [1.82, 2.24) is 0 Å². The summed E-state index contributed by atoms with van der Waals surface area (Å²) in [7, 11) is 0. The molecular formula is C8H14F4. The molecule has 0 nitrogen and oxygen atoms in total. The molecule has 0 aromatic rings. The molecule has 0 aromatic heterocycles. The molecule has 0 unspecified atom stereocenters. The molecule has 74 valence electrons. The highest BCUT2D eigenvalue weighted by molar-refractivity contribution is 4.84. The van der Waals surface area contributed by atoms with Gasteiger partial charge in [-0.2, -0.15) is 8.78 Å². The average Bonchev–Trinajstić information content (AvgIpc) is 1.52. The Morgan fingerprint density at radius 2 is 1.17 bits per heavy atom. The van der Waals surface area contributed by atoms with Gasteiger partial charge in [0.25, 0.3) is 0 Å². The van der Waals surface area contributed by atoms with Gasteiger partial charge in [0.1, 0.15) is 0 Å². The lowest BCUT2D eigenvalue weighted by Crippen LogP contribution is -2.40. The summed E-state index contributed by atoms with van der Waals surface area (Å²) in [4.78, 5) is 0.